The zero-order chi connectivity index (χ0) is 25.3. The molecule has 3 fully saturated rings. The largest absolute Gasteiger partial charge is 0.426 e. The van der Waals surface area contributed by atoms with E-state index < -0.39 is 5.79 Å². The van der Waals surface area contributed by atoms with E-state index in [9.17, 15) is 9.90 Å². The van der Waals surface area contributed by atoms with Crippen LogP contribution in [0.1, 0.15) is 93.9 Å². The van der Waals surface area contributed by atoms with Gasteiger partial charge in [0.05, 0.1) is 12.2 Å². The number of rotatable bonds is 0. The number of esters is 1. The third kappa shape index (κ3) is 2.69. The van der Waals surface area contributed by atoms with Crippen LogP contribution in [0.2, 0.25) is 0 Å². The lowest BCUT2D eigenvalue weighted by Crippen LogP contribution is -2.55. The van der Waals surface area contributed by atoms with Crippen molar-refractivity contribution in [2.45, 2.75) is 112 Å². The van der Waals surface area contributed by atoms with Gasteiger partial charge in [0.1, 0.15) is 0 Å². The zero-order valence-electron chi connectivity index (χ0n) is 23.0. The molecular weight excluding hydrogens is 436 g/mol. The molecule has 2 heterocycles. The lowest BCUT2D eigenvalue weighted by molar-refractivity contribution is -0.262. The number of allylic oxidation sites excluding steroid dienone is 4. The van der Waals surface area contributed by atoms with Gasteiger partial charge in [0.2, 0.25) is 5.79 Å². The molecule has 192 valence electrons. The second kappa shape index (κ2) is 6.92. The van der Waals surface area contributed by atoms with Gasteiger partial charge in [0, 0.05) is 23.0 Å². The number of aliphatic hydroxyl groups excluding tert-OH is 1. The molecule has 0 radical (unpaired) electrons. The lowest BCUT2D eigenvalue weighted by atomic mass is 9.44. The third-order valence-electron chi connectivity index (χ3n) is 12.5. The molecule has 0 bridgehead atoms. The number of ether oxygens (including phenoxy) is 2. The molecule has 6 aliphatic rings. The maximum absolute atomic E-state index is 12.5. The molecule has 0 amide bonds. The van der Waals surface area contributed by atoms with Gasteiger partial charge in [-0.1, -0.05) is 53.7 Å². The summed E-state index contributed by atoms with van der Waals surface area (Å²) in [7, 11) is 0. The molecule has 6 rings (SSSR count). The Morgan fingerprint density at radius 3 is 2.40 bits per heavy atom. The average molecular weight is 481 g/mol. The van der Waals surface area contributed by atoms with Crippen LogP contribution < -0.4 is 0 Å². The minimum atomic E-state index is -0.875. The van der Waals surface area contributed by atoms with Crippen LogP contribution in [-0.4, -0.2) is 29.1 Å². The fourth-order valence-corrected chi connectivity index (χ4v) is 10.1. The molecule has 0 aromatic rings. The molecule has 4 nitrogen and oxygen atoms in total. The fourth-order valence-electron chi connectivity index (χ4n) is 10.1. The Kier molecular flexibility index (Phi) is 4.74. The summed E-state index contributed by atoms with van der Waals surface area (Å²) in [5.74, 6) is 0.193. The van der Waals surface area contributed by atoms with Crippen molar-refractivity contribution in [3.8, 4) is 0 Å². The first kappa shape index (κ1) is 24.0. The molecule has 9 atom stereocenters. The predicted octanol–water partition coefficient (Wildman–Crippen LogP) is 6.50. The number of carbonyl (C=O) groups excluding carboxylic acids is 1. The monoisotopic (exact) mass is 480 g/mol. The van der Waals surface area contributed by atoms with Crippen LogP contribution in [0.25, 0.3) is 0 Å². The molecule has 4 aliphatic carbocycles. The summed E-state index contributed by atoms with van der Waals surface area (Å²) in [6, 6.07) is 0. The average Bonchev–Trinajstić information content (AvgIpc) is 3.13. The SMILES string of the molecule is CC1=C(C)C2(CC(C)C3C(CC4(C)C5=CCC6C(C)(CCC(O)C6(C)C)C5=CCC34C)O2)OC1=O. The Morgan fingerprint density at radius 2 is 1.74 bits per heavy atom. The van der Waals surface area contributed by atoms with Gasteiger partial charge in [0.25, 0.3) is 0 Å². The van der Waals surface area contributed by atoms with Crippen molar-refractivity contribution in [2.75, 3.05) is 0 Å². The highest BCUT2D eigenvalue weighted by atomic mass is 16.7. The minimum absolute atomic E-state index is 0.0235. The predicted molar refractivity (Wildman–Crippen MR) is 136 cm³/mol. The highest BCUT2D eigenvalue weighted by molar-refractivity contribution is 5.92. The Balaban J connectivity index is 1.40. The first-order valence-electron chi connectivity index (χ1n) is 13.9. The maximum Gasteiger partial charge on any atom is 0.336 e. The van der Waals surface area contributed by atoms with Gasteiger partial charge in [-0.2, -0.15) is 0 Å². The van der Waals surface area contributed by atoms with Gasteiger partial charge in [-0.3, -0.25) is 0 Å². The highest BCUT2D eigenvalue weighted by Gasteiger charge is 2.69. The lowest BCUT2D eigenvalue weighted by Gasteiger charge is -2.61. The Morgan fingerprint density at radius 1 is 1.03 bits per heavy atom. The van der Waals surface area contributed by atoms with Crippen molar-refractivity contribution in [1.82, 2.24) is 0 Å². The molecule has 1 N–H and O–H groups in total. The summed E-state index contributed by atoms with van der Waals surface area (Å²) >= 11 is 0. The Labute approximate surface area is 211 Å². The van der Waals surface area contributed by atoms with Gasteiger partial charge >= 0.3 is 5.97 Å². The summed E-state index contributed by atoms with van der Waals surface area (Å²) in [5.41, 5.74) is 4.92. The summed E-state index contributed by atoms with van der Waals surface area (Å²) in [6.07, 6.45) is 10.7. The number of carbonyl (C=O) groups is 1. The maximum atomic E-state index is 12.5. The second-order valence-corrected chi connectivity index (χ2v) is 14.2. The van der Waals surface area contributed by atoms with Gasteiger partial charge in [-0.25, -0.2) is 4.79 Å². The first-order valence-corrected chi connectivity index (χ1v) is 13.9. The van der Waals surface area contributed by atoms with E-state index in [0.29, 0.717) is 23.3 Å². The second-order valence-electron chi connectivity index (χ2n) is 14.2. The fraction of sp³-hybridized carbons (Fsp3) is 0.774. The van der Waals surface area contributed by atoms with Crippen LogP contribution >= 0.6 is 0 Å². The molecule has 0 aromatic heterocycles. The molecule has 1 spiro atoms. The van der Waals surface area contributed by atoms with Crippen molar-refractivity contribution in [1.29, 1.82) is 0 Å². The van der Waals surface area contributed by atoms with Crippen molar-refractivity contribution in [3.05, 3.63) is 34.4 Å². The van der Waals surface area contributed by atoms with Crippen molar-refractivity contribution >= 4 is 5.97 Å². The number of hydrogen-bond donors (Lipinski definition) is 1. The van der Waals surface area contributed by atoms with Crippen LogP contribution in [0.3, 0.4) is 0 Å². The molecule has 1 saturated heterocycles. The van der Waals surface area contributed by atoms with Gasteiger partial charge in [-0.05, 0) is 91.1 Å². The van der Waals surface area contributed by atoms with Crippen LogP contribution in [0.5, 0.6) is 0 Å². The van der Waals surface area contributed by atoms with Crippen molar-refractivity contribution < 1.29 is 19.4 Å². The minimum Gasteiger partial charge on any atom is -0.426 e. The van der Waals surface area contributed by atoms with Crippen LogP contribution in [0, 0.1) is 39.4 Å². The summed E-state index contributed by atoms with van der Waals surface area (Å²) in [4.78, 5) is 12.5. The molecular formula is C31H44O4. The topological polar surface area (TPSA) is 55.8 Å². The van der Waals surface area contributed by atoms with Crippen molar-refractivity contribution in [2.24, 2.45) is 39.4 Å². The number of hydrogen-bond acceptors (Lipinski definition) is 4. The van der Waals surface area contributed by atoms with Crippen LogP contribution in [0.15, 0.2) is 34.4 Å². The van der Waals surface area contributed by atoms with E-state index in [1.807, 2.05) is 13.8 Å². The summed E-state index contributed by atoms with van der Waals surface area (Å²) in [6.45, 7) is 18.2. The molecule has 2 saturated carbocycles. The standard InChI is InChI=1S/C31H44O4/c1-17-15-31(19(3)18(2)26(33)35-31)34-22-16-30(8)21-9-10-23-27(4,5)24(32)12-13-28(23,6)20(21)11-14-29(30,7)25(17)22/h9,11,17,22-25,32H,10,12-16H2,1-8H3. The van der Waals surface area contributed by atoms with E-state index in [-0.39, 0.29) is 39.8 Å². The highest BCUT2D eigenvalue weighted by Crippen LogP contribution is 2.73. The van der Waals surface area contributed by atoms with Gasteiger partial charge < -0.3 is 14.6 Å². The van der Waals surface area contributed by atoms with E-state index in [0.717, 1.165) is 44.1 Å². The summed E-state index contributed by atoms with van der Waals surface area (Å²) in [5, 5.41) is 10.9. The molecule has 35 heavy (non-hydrogen) atoms. The third-order valence-corrected chi connectivity index (χ3v) is 12.5. The quantitative estimate of drug-likeness (QED) is 0.402. The Hall–Kier alpha value is -1.39. The Bertz CT molecular complexity index is 1100. The van der Waals surface area contributed by atoms with Gasteiger partial charge in [-0.15, -0.1) is 0 Å². The van der Waals surface area contributed by atoms with E-state index >= 15 is 0 Å². The van der Waals surface area contributed by atoms with Crippen LogP contribution in [-0.2, 0) is 14.3 Å². The van der Waals surface area contributed by atoms with Crippen molar-refractivity contribution in [3.63, 3.8) is 0 Å². The first-order chi connectivity index (χ1) is 16.2. The van der Waals surface area contributed by atoms with E-state index in [2.05, 4.69) is 53.7 Å². The van der Waals surface area contributed by atoms with E-state index in [4.69, 9.17) is 9.47 Å². The zero-order valence-corrected chi connectivity index (χ0v) is 23.0. The molecule has 9 unspecified atom stereocenters. The molecule has 0 aromatic carbocycles. The normalized spacial score (nSPS) is 52.3. The molecule has 2 aliphatic heterocycles. The van der Waals surface area contributed by atoms with Gasteiger partial charge in [0.15, 0.2) is 0 Å². The molecule has 4 heteroatoms. The number of aliphatic hydroxyl groups is 1. The summed E-state index contributed by atoms with van der Waals surface area (Å²) < 4.78 is 12.8. The van der Waals surface area contributed by atoms with E-state index in [1.54, 1.807) is 11.1 Å². The smallest absolute Gasteiger partial charge is 0.336 e. The van der Waals surface area contributed by atoms with E-state index in [1.165, 1.54) is 0 Å². The van der Waals surface area contributed by atoms with Crippen LogP contribution in [0.4, 0.5) is 0 Å². The number of fused-ring (bicyclic) bond motifs is 7.